The average Bonchev–Trinajstić information content (AvgIpc) is 3.49. The van der Waals surface area contributed by atoms with E-state index in [0.717, 1.165) is 11.1 Å². The summed E-state index contributed by atoms with van der Waals surface area (Å²) in [6.07, 6.45) is 2.54. The van der Waals surface area contributed by atoms with Crippen molar-refractivity contribution in [1.82, 2.24) is 25.8 Å². The lowest BCUT2D eigenvalue weighted by molar-refractivity contribution is -0.123. The van der Waals surface area contributed by atoms with E-state index in [9.17, 15) is 14.4 Å². The van der Waals surface area contributed by atoms with E-state index in [4.69, 9.17) is 16.0 Å². The summed E-state index contributed by atoms with van der Waals surface area (Å²) in [5, 5.41) is 13.8. The summed E-state index contributed by atoms with van der Waals surface area (Å²) < 4.78 is 5.41. The van der Waals surface area contributed by atoms with Crippen LogP contribution in [0.1, 0.15) is 72.0 Å². The quantitative estimate of drug-likeness (QED) is 0.217. The Labute approximate surface area is 243 Å². The zero-order valence-corrected chi connectivity index (χ0v) is 23.9. The van der Waals surface area contributed by atoms with Gasteiger partial charge in [0.1, 0.15) is 6.04 Å². The van der Waals surface area contributed by atoms with Gasteiger partial charge >= 0.3 is 0 Å². The normalized spacial score (nSPS) is 13.2. The number of Topliss-reactive ketones (excluding diaryl/α,β-unsaturated/α-hetero) is 1. The third kappa shape index (κ3) is 7.43. The lowest BCUT2D eigenvalue weighted by Gasteiger charge is -2.24. The van der Waals surface area contributed by atoms with Gasteiger partial charge in [0.15, 0.2) is 0 Å². The number of amides is 2. The highest BCUT2D eigenvalue weighted by atomic mass is 35.5. The summed E-state index contributed by atoms with van der Waals surface area (Å²) in [5.41, 5.74) is 2.67. The number of aromatic nitrogens is 3. The van der Waals surface area contributed by atoms with Crippen molar-refractivity contribution in [2.75, 3.05) is 0 Å². The summed E-state index contributed by atoms with van der Waals surface area (Å²) in [6, 6.07) is 18.5. The second kappa shape index (κ2) is 13.8. The molecule has 4 rings (SSSR count). The minimum atomic E-state index is -0.934. The van der Waals surface area contributed by atoms with Crippen molar-refractivity contribution < 1.29 is 18.8 Å². The van der Waals surface area contributed by atoms with E-state index >= 15 is 0 Å². The molecule has 3 atom stereocenters. The van der Waals surface area contributed by atoms with Crippen LogP contribution in [0.5, 0.6) is 0 Å². The molecule has 10 heteroatoms. The van der Waals surface area contributed by atoms with Crippen LogP contribution in [0.4, 0.5) is 0 Å². The van der Waals surface area contributed by atoms with E-state index in [1.807, 2.05) is 62.4 Å². The van der Waals surface area contributed by atoms with E-state index < -0.39 is 29.7 Å². The number of nitrogens with one attached hydrogen (secondary N) is 2. The van der Waals surface area contributed by atoms with Gasteiger partial charge in [0.05, 0.1) is 17.3 Å². The fourth-order valence-corrected chi connectivity index (χ4v) is 4.60. The molecule has 9 nitrogen and oxygen atoms in total. The topological polar surface area (TPSA) is 127 Å². The Hall–Kier alpha value is -4.37. The number of aryl methyl sites for hydroxylation is 1. The van der Waals surface area contributed by atoms with Crippen LogP contribution in [0.3, 0.4) is 0 Å². The fraction of sp³-hybridized carbons (Fsp3) is 0.290. The number of benzene rings is 2. The first-order valence-corrected chi connectivity index (χ1v) is 13.9. The van der Waals surface area contributed by atoms with Gasteiger partial charge in [-0.2, -0.15) is 0 Å². The van der Waals surface area contributed by atoms with Crippen molar-refractivity contribution in [3.63, 3.8) is 0 Å². The van der Waals surface area contributed by atoms with Crippen LogP contribution >= 0.6 is 11.6 Å². The van der Waals surface area contributed by atoms with Crippen LogP contribution in [0, 0.1) is 0 Å². The molecule has 2 aromatic carbocycles. The first-order valence-electron chi connectivity index (χ1n) is 13.5. The summed E-state index contributed by atoms with van der Waals surface area (Å²) >= 11 is 6.29. The van der Waals surface area contributed by atoms with Gasteiger partial charge in [-0.15, -0.1) is 10.2 Å². The van der Waals surface area contributed by atoms with Crippen LogP contribution in [0.25, 0.3) is 11.3 Å². The van der Waals surface area contributed by atoms with Crippen molar-refractivity contribution in [1.29, 1.82) is 0 Å². The summed E-state index contributed by atoms with van der Waals surface area (Å²) in [4.78, 5) is 44.2. The Balaban J connectivity index is 1.52. The smallest absolute Gasteiger partial charge is 0.286 e. The molecule has 2 N–H and O–H groups in total. The molecular formula is C31H32ClN5O4. The maximum atomic E-state index is 13.5. The number of pyridine rings is 1. The molecule has 0 saturated heterocycles. The molecule has 2 amide bonds. The monoisotopic (exact) mass is 573 g/mol. The zero-order chi connectivity index (χ0) is 29.4. The van der Waals surface area contributed by atoms with Gasteiger partial charge < -0.3 is 15.1 Å². The van der Waals surface area contributed by atoms with Gasteiger partial charge in [0, 0.05) is 23.2 Å². The standard InChI is InChI=1S/C31H32ClN5O4/c1-4-24(28(38)31-37-36-27(5-2)41-31)34-30(40)26(17-19(3)20-11-7-6-8-12-20)35-29(39)21-15-16-25(33-18-21)22-13-9-10-14-23(22)32/h6-16,18-19,24,26H,4-5,17H2,1-3H3,(H,34,40)(H,35,39)/t19?,24-,26?/m0/s1. The minimum Gasteiger partial charge on any atom is -0.418 e. The fourth-order valence-electron chi connectivity index (χ4n) is 4.37. The summed E-state index contributed by atoms with van der Waals surface area (Å²) in [6.45, 7) is 5.59. The molecule has 2 aromatic heterocycles. The Morgan fingerprint density at radius 1 is 0.902 bits per heavy atom. The third-order valence-corrected chi connectivity index (χ3v) is 7.11. The number of hydrogen-bond donors (Lipinski definition) is 2. The highest BCUT2D eigenvalue weighted by Gasteiger charge is 2.30. The van der Waals surface area contributed by atoms with Crippen LogP contribution in [0.15, 0.2) is 77.3 Å². The molecule has 41 heavy (non-hydrogen) atoms. The third-order valence-electron chi connectivity index (χ3n) is 6.78. The molecule has 212 valence electrons. The molecule has 0 bridgehead atoms. The van der Waals surface area contributed by atoms with Crippen LogP contribution < -0.4 is 10.6 Å². The van der Waals surface area contributed by atoms with Gasteiger partial charge in [-0.1, -0.05) is 80.9 Å². The maximum absolute atomic E-state index is 13.5. The Bertz CT molecular complexity index is 1490. The van der Waals surface area contributed by atoms with Crippen molar-refractivity contribution in [2.45, 2.75) is 58.0 Å². The van der Waals surface area contributed by atoms with E-state index in [-0.39, 0.29) is 17.4 Å². The highest BCUT2D eigenvalue weighted by Crippen LogP contribution is 2.26. The number of hydrogen-bond acceptors (Lipinski definition) is 7. The van der Waals surface area contributed by atoms with E-state index in [1.54, 1.807) is 25.1 Å². The first-order chi connectivity index (χ1) is 19.8. The number of ketones is 1. The summed E-state index contributed by atoms with van der Waals surface area (Å²) in [5.74, 6) is -1.31. The molecule has 0 aliphatic rings. The van der Waals surface area contributed by atoms with Gasteiger partial charge in [-0.25, -0.2) is 0 Å². The molecule has 0 saturated carbocycles. The molecule has 0 aliphatic carbocycles. The molecule has 4 aromatic rings. The maximum Gasteiger partial charge on any atom is 0.286 e. The lowest BCUT2D eigenvalue weighted by Crippen LogP contribution is -2.52. The Morgan fingerprint density at radius 2 is 1.63 bits per heavy atom. The first kappa shape index (κ1) is 29.6. The molecule has 0 radical (unpaired) electrons. The molecule has 0 fully saturated rings. The SMILES string of the molecule is CCc1nnc(C(=O)[C@H](CC)NC(=O)C(CC(C)c2ccccc2)NC(=O)c2ccc(-c3ccccc3Cl)nc2)o1. The molecule has 2 heterocycles. The van der Waals surface area contributed by atoms with Crippen molar-refractivity contribution >= 4 is 29.2 Å². The summed E-state index contributed by atoms with van der Waals surface area (Å²) in [7, 11) is 0. The highest BCUT2D eigenvalue weighted by molar-refractivity contribution is 6.33. The predicted octanol–water partition coefficient (Wildman–Crippen LogP) is 5.42. The van der Waals surface area contributed by atoms with Crippen molar-refractivity contribution in [2.24, 2.45) is 0 Å². The van der Waals surface area contributed by atoms with Gasteiger partial charge in [-0.05, 0) is 42.5 Å². The van der Waals surface area contributed by atoms with Crippen molar-refractivity contribution in [3.05, 3.63) is 101 Å². The minimum absolute atomic E-state index is 0.0631. The Kier molecular flexibility index (Phi) is 9.97. The van der Waals surface area contributed by atoms with E-state index in [1.165, 1.54) is 6.20 Å². The van der Waals surface area contributed by atoms with Crippen LogP contribution in [-0.2, 0) is 11.2 Å². The number of nitrogens with zero attached hydrogens (tertiary/aromatic N) is 3. The second-order valence-corrected chi connectivity index (χ2v) is 10.1. The van der Waals surface area contributed by atoms with Crippen LogP contribution in [0.2, 0.25) is 5.02 Å². The van der Waals surface area contributed by atoms with Gasteiger partial charge in [-0.3, -0.25) is 19.4 Å². The zero-order valence-electron chi connectivity index (χ0n) is 23.1. The van der Waals surface area contributed by atoms with Gasteiger partial charge in [0.25, 0.3) is 11.8 Å². The van der Waals surface area contributed by atoms with E-state index in [2.05, 4.69) is 25.8 Å². The number of halogens is 1. The Morgan fingerprint density at radius 3 is 2.27 bits per heavy atom. The number of rotatable bonds is 12. The van der Waals surface area contributed by atoms with Gasteiger partial charge in [0.2, 0.25) is 17.6 Å². The largest absolute Gasteiger partial charge is 0.418 e. The molecule has 0 aliphatic heterocycles. The number of carbonyl (C=O) groups excluding carboxylic acids is 3. The predicted molar refractivity (Wildman–Crippen MR) is 156 cm³/mol. The van der Waals surface area contributed by atoms with Crippen LogP contribution in [-0.4, -0.2) is 44.9 Å². The second-order valence-electron chi connectivity index (χ2n) is 9.67. The molecule has 2 unspecified atom stereocenters. The van der Waals surface area contributed by atoms with E-state index in [0.29, 0.717) is 35.9 Å². The molecular weight excluding hydrogens is 542 g/mol. The number of carbonyl (C=O) groups is 3. The average molecular weight is 574 g/mol. The van der Waals surface area contributed by atoms with Crippen molar-refractivity contribution in [3.8, 4) is 11.3 Å². The lowest BCUT2D eigenvalue weighted by atomic mass is 9.93. The molecule has 0 spiro atoms.